The molecule has 1 saturated carbocycles. The van der Waals surface area contributed by atoms with Crippen molar-refractivity contribution in [1.29, 1.82) is 0 Å². The molecule has 3 N–H and O–H groups in total. The number of benzene rings is 1. The normalized spacial score (nSPS) is 23.5. The number of methoxy groups -OCH3 is 1. The van der Waals surface area contributed by atoms with Crippen LogP contribution in [0.2, 0.25) is 0 Å². The standard InChI is InChI=1S/C13H20N2O3S/c1-18-10-4-3-9(7-10)15-13-6-5-11(8-12(13)14)19(2,16)17/h5-6,8-10,15H,3-4,7,14H2,1-2H3. The number of ether oxygens (including phenoxy) is 1. The molecule has 1 fully saturated rings. The molecular weight excluding hydrogens is 264 g/mol. The fourth-order valence-corrected chi connectivity index (χ4v) is 3.06. The van der Waals surface area contributed by atoms with Crippen LogP contribution in [0.3, 0.4) is 0 Å². The Balaban J connectivity index is 2.10. The minimum absolute atomic E-state index is 0.247. The zero-order valence-corrected chi connectivity index (χ0v) is 12.0. The number of rotatable bonds is 4. The van der Waals surface area contributed by atoms with Crippen molar-refractivity contribution in [2.24, 2.45) is 0 Å². The smallest absolute Gasteiger partial charge is 0.175 e. The highest BCUT2D eigenvalue weighted by Crippen LogP contribution is 2.28. The first kappa shape index (κ1) is 14.1. The molecule has 0 aromatic heterocycles. The lowest BCUT2D eigenvalue weighted by molar-refractivity contribution is 0.108. The number of nitrogens with one attached hydrogen (secondary N) is 1. The lowest BCUT2D eigenvalue weighted by atomic mass is 10.2. The average molecular weight is 284 g/mol. The number of sulfone groups is 1. The molecule has 0 saturated heterocycles. The summed E-state index contributed by atoms with van der Waals surface area (Å²) in [7, 11) is -1.49. The van der Waals surface area contributed by atoms with Crippen molar-refractivity contribution >= 4 is 21.2 Å². The van der Waals surface area contributed by atoms with Crippen molar-refractivity contribution in [3.63, 3.8) is 0 Å². The molecule has 0 spiro atoms. The molecule has 0 radical (unpaired) electrons. The summed E-state index contributed by atoms with van der Waals surface area (Å²) >= 11 is 0. The number of nitrogen functional groups attached to an aromatic ring is 1. The summed E-state index contributed by atoms with van der Waals surface area (Å²) in [4.78, 5) is 0.247. The van der Waals surface area contributed by atoms with Crippen LogP contribution in [0.4, 0.5) is 11.4 Å². The first-order chi connectivity index (χ1) is 8.90. The van der Waals surface area contributed by atoms with E-state index in [1.807, 2.05) is 0 Å². The molecule has 1 aromatic carbocycles. The van der Waals surface area contributed by atoms with Gasteiger partial charge in [-0.25, -0.2) is 8.42 Å². The third kappa shape index (κ3) is 3.39. The van der Waals surface area contributed by atoms with Gasteiger partial charge in [-0.3, -0.25) is 0 Å². The zero-order chi connectivity index (χ0) is 14.0. The summed E-state index contributed by atoms with van der Waals surface area (Å²) in [6.45, 7) is 0. The summed E-state index contributed by atoms with van der Waals surface area (Å²) in [6.07, 6.45) is 4.49. The number of hydrogen-bond donors (Lipinski definition) is 2. The Kier molecular flexibility index (Phi) is 4.01. The first-order valence-corrected chi connectivity index (χ1v) is 8.18. The van der Waals surface area contributed by atoms with Crippen LogP contribution in [0.15, 0.2) is 23.1 Å². The van der Waals surface area contributed by atoms with E-state index in [-0.39, 0.29) is 4.90 Å². The van der Waals surface area contributed by atoms with Crippen molar-refractivity contribution in [2.45, 2.75) is 36.3 Å². The maximum absolute atomic E-state index is 11.4. The van der Waals surface area contributed by atoms with Crippen LogP contribution < -0.4 is 11.1 Å². The Morgan fingerprint density at radius 2 is 2.11 bits per heavy atom. The quantitative estimate of drug-likeness (QED) is 0.822. The van der Waals surface area contributed by atoms with E-state index in [9.17, 15) is 8.42 Å². The van der Waals surface area contributed by atoms with Gasteiger partial charge in [0.1, 0.15) is 0 Å². The third-order valence-electron chi connectivity index (χ3n) is 3.53. The van der Waals surface area contributed by atoms with Gasteiger partial charge >= 0.3 is 0 Å². The Hall–Kier alpha value is -1.27. The van der Waals surface area contributed by atoms with Gasteiger partial charge in [0.05, 0.1) is 22.4 Å². The zero-order valence-electron chi connectivity index (χ0n) is 11.2. The second-order valence-electron chi connectivity index (χ2n) is 5.03. The Labute approximate surface area is 114 Å². The van der Waals surface area contributed by atoms with E-state index in [2.05, 4.69) is 5.32 Å². The van der Waals surface area contributed by atoms with E-state index < -0.39 is 9.84 Å². The van der Waals surface area contributed by atoms with Crippen molar-refractivity contribution in [2.75, 3.05) is 24.4 Å². The molecule has 2 rings (SSSR count). The van der Waals surface area contributed by atoms with Gasteiger partial charge in [-0.05, 0) is 37.5 Å². The van der Waals surface area contributed by atoms with E-state index in [1.54, 1.807) is 19.2 Å². The van der Waals surface area contributed by atoms with Crippen LogP contribution in [-0.2, 0) is 14.6 Å². The molecule has 0 heterocycles. The number of anilines is 2. The summed E-state index contributed by atoms with van der Waals surface area (Å²) < 4.78 is 28.2. The van der Waals surface area contributed by atoms with Crippen molar-refractivity contribution in [1.82, 2.24) is 0 Å². The molecule has 0 amide bonds. The molecule has 1 aliphatic carbocycles. The molecule has 1 aromatic rings. The summed E-state index contributed by atoms with van der Waals surface area (Å²) in [5.41, 5.74) is 7.15. The molecule has 2 atom stereocenters. The maximum atomic E-state index is 11.4. The number of nitrogens with two attached hydrogens (primary N) is 1. The van der Waals surface area contributed by atoms with E-state index in [4.69, 9.17) is 10.5 Å². The molecule has 0 bridgehead atoms. The predicted octanol–water partition coefficient (Wildman–Crippen LogP) is 1.65. The van der Waals surface area contributed by atoms with Crippen molar-refractivity contribution in [3.05, 3.63) is 18.2 Å². The minimum Gasteiger partial charge on any atom is -0.397 e. The highest BCUT2D eigenvalue weighted by atomic mass is 32.2. The van der Waals surface area contributed by atoms with Crippen LogP contribution in [0.5, 0.6) is 0 Å². The van der Waals surface area contributed by atoms with Crippen molar-refractivity contribution in [3.8, 4) is 0 Å². The largest absolute Gasteiger partial charge is 0.397 e. The summed E-state index contributed by atoms with van der Waals surface area (Å²) in [5.74, 6) is 0. The van der Waals surface area contributed by atoms with E-state index >= 15 is 0 Å². The topological polar surface area (TPSA) is 81.4 Å². The van der Waals surface area contributed by atoms with Gasteiger partial charge in [-0.2, -0.15) is 0 Å². The molecule has 19 heavy (non-hydrogen) atoms. The van der Waals surface area contributed by atoms with Crippen LogP contribution in [-0.4, -0.2) is 33.9 Å². The fraction of sp³-hybridized carbons (Fsp3) is 0.538. The Bertz CT molecular complexity index is 557. The van der Waals surface area contributed by atoms with Gasteiger partial charge in [0.25, 0.3) is 0 Å². The number of hydrogen-bond acceptors (Lipinski definition) is 5. The minimum atomic E-state index is -3.21. The van der Waals surface area contributed by atoms with E-state index in [1.165, 1.54) is 12.3 Å². The first-order valence-electron chi connectivity index (χ1n) is 6.29. The fourth-order valence-electron chi connectivity index (χ4n) is 2.41. The summed E-state index contributed by atoms with van der Waals surface area (Å²) in [5, 5.41) is 3.35. The van der Waals surface area contributed by atoms with Gasteiger partial charge in [0, 0.05) is 19.4 Å². The summed E-state index contributed by atoms with van der Waals surface area (Å²) in [6, 6.07) is 5.14. The molecular formula is C13H20N2O3S. The predicted molar refractivity (Wildman–Crippen MR) is 76.0 cm³/mol. The SMILES string of the molecule is COC1CCC(Nc2ccc(S(C)(=O)=O)cc2N)C1. The molecule has 0 aliphatic heterocycles. The van der Waals surface area contributed by atoms with Gasteiger partial charge < -0.3 is 15.8 Å². The molecule has 2 unspecified atom stereocenters. The Morgan fingerprint density at radius 1 is 1.37 bits per heavy atom. The average Bonchev–Trinajstić information content (AvgIpc) is 2.78. The van der Waals surface area contributed by atoms with Crippen molar-refractivity contribution < 1.29 is 13.2 Å². The molecule has 6 heteroatoms. The lowest BCUT2D eigenvalue weighted by Gasteiger charge is -2.16. The van der Waals surface area contributed by atoms with Gasteiger partial charge in [-0.15, -0.1) is 0 Å². The highest BCUT2D eigenvalue weighted by Gasteiger charge is 2.24. The van der Waals surface area contributed by atoms with E-state index in [0.717, 1.165) is 24.9 Å². The molecule has 106 valence electrons. The monoisotopic (exact) mass is 284 g/mol. The molecule has 5 nitrogen and oxygen atoms in total. The second kappa shape index (κ2) is 5.38. The highest BCUT2D eigenvalue weighted by molar-refractivity contribution is 7.90. The van der Waals surface area contributed by atoms with Crippen LogP contribution in [0, 0.1) is 0 Å². The maximum Gasteiger partial charge on any atom is 0.175 e. The van der Waals surface area contributed by atoms with Gasteiger partial charge in [-0.1, -0.05) is 0 Å². The van der Waals surface area contributed by atoms with E-state index in [0.29, 0.717) is 17.8 Å². The third-order valence-corrected chi connectivity index (χ3v) is 4.64. The van der Waals surface area contributed by atoms with Crippen LogP contribution >= 0.6 is 0 Å². The van der Waals surface area contributed by atoms with Gasteiger partial charge in [0.15, 0.2) is 9.84 Å². The lowest BCUT2D eigenvalue weighted by Crippen LogP contribution is -2.18. The van der Waals surface area contributed by atoms with Gasteiger partial charge in [0.2, 0.25) is 0 Å². The Morgan fingerprint density at radius 3 is 2.63 bits per heavy atom. The van der Waals surface area contributed by atoms with Crippen LogP contribution in [0.1, 0.15) is 19.3 Å². The van der Waals surface area contributed by atoms with Crippen LogP contribution in [0.25, 0.3) is 0 Å². The second-order valence-corrected chi connectivity index (χ2v) is 7.05. The molecule has 1 aliphatic rings.